The maximum atomic E-state index is 12.3. The predicted molar refractivity (Wildman–Crippen MR) is 135 cm³/mol. The van der Waals surface area contributed by atoms with Crippen LogP contribution in [0, 0.1) is 0 Å². The standard InChI is InChI=1S/C26H38ClN3O/c1-2-3-4-5-6-7-8-9-10-11-15-18-26(31)28-23-19-20-24(27)25(21-23)30-29-22-16-13-12-14-17-22/h12-14,16-17,19-21,29-30H,2-11,15,18H2,1H3,(H,28,31). The van der Waals surface area contributed by atoms with E-state index in [0.29, 0.717) is 11.4 Å². The quantitative estimate of drug-likeness (QED) is 0.180. The third-order valence-corrected chi connectivity index (χ3v) is 5.70. The number of para-hydroxylation sites is 1. The fraction of sp³-hybridized carbons (Fsp3) is 0.500. The molecule has 0 aliphatic rings. The number of carbonyl (C=O) groups is 1. The molecule has 0 bridgehead atoms. The summed E-state index contributed by atoms with van der Waals surface area (Å²) in [4.78, 5) is 12.3. The summed E-state index contributed by atoms with van der Waals surface area (Å²) < 4.78 is 0. The Labute approximate surface area is 193 Å². The number of halogens is 1. The van der Waals surface area contributed by atoms with Crippen molar-refractivity contribution < 1.29 is 4.79 Å². The summed E-state index contributed by atoms with van der Waals surface area (Å²) in [6.07, 6.45) is 14.7. The van der Waals surface area contributed by atoms with Gasteiger partial charge in [0.25, 0.3) is 0 Å². The zero-order valence-electron chi connectivity index (χ0n) is 18.9. The molecule has 0 aliphatic heterocycles. The molecule has 0 saturated carbocycles. The lowest BCUT2D eigenvalue weighted by molar-refractivity contribution is -0.116. The molecule has 0 aliphatic carbocycles. The Morgan fingerprint density at radius 1 is 0.742 bits per heavy atom. The van der Waals surface area contributed by atoms with Crippen molar-refractivity contribution in [2.75, 3.05) is 16.2 Å². The number of nitrogens with one attached hydrogen (secondary N) is 3. The summed E-state index contributed by atoms with van der Waals surface area (Å²) >= 11 is 6.27. The van der Waals surface area contributed by atoms with Gasteiger partial charge in [0, 0.05) is 12.1 Å². The van der Waals surface area contributed by atoms with Gasteiger partial charge in [-0.25, -0.2) is 0 Å². The highest BCUT2D eigenvalue weighted by Gasteiger charge is 2.06. The maximum Gasteiger partial charge on any atom is 0.224 e. The third-order valence-electron chi connectivity index (χ3n) is 5.37. The predicted octanol–water partition coefficient (Wildman–Crippen LogP) is 8.42. The number of carbonyl (C=O) groups excluding carboxylic acids is 1. The van der Waals surface area contributed by atoms with Crippen molar-refractivity contribution in [3.8, 4) is 0 Å². The van der Waals surface area contributed by atoms with Crippen LogP contribution < -0.4 is 16.2 Å². The van der Waals surface area contributed by atoms with E-state index >= 15 is 0 Å². The smallest absolute Gasteiger partial charge is 0.224 e. The Hall–Kier alpha value is -2.20. The van der Waals surface area contributed by atoms with Crippen LogP contribution >= 0.6 is 11.6 Å². The first-order valence-corrected chi connectivity index (χ1v) is 12.2. The van der Waals surface area contributed by atoms with E-state index in [0.717, 1.165) is 29.9 Å². The van der Waals surface area contributed by atoms with Crippen molar-refractivity contribution in [1.29, 1.82) is 0 Å². The summed E-state index contributed by atoms with van der Waals surface area (Å²) in [6, 6.07) is 15.2. The van der Waals surface area contributed by atoms with Crippen LogP contribution in [0.15, 0.2) is 48.5 Å². The molecule has 31 heavy (non-hydrogen) atoms. The van der Waals surface area contributed by atoms with Crippen LogP contribution in [-0.4, -0.2) is 5.91 Å². The molecular formula is C26H38ClN3O. The molecule has 0 aromatic heterocycles. The number of hydrazine groups is 1. The molecule has 0 fully saturated rings. The summed E-state index contributed by atoms with van der Waals surface area (Å²) in [7, 11) is 0. The number of hydrogen-bond acceptors (Lipinski definition) is 3. The molecule has 0 radical (unpaired) electrons. The second kappa shape index (κ2) is 15.6. The summed E-state index contributed by atoms with van der Waals surface area (Å²) in [5.41, 5.74) is 8.61. The Morgan fingerprint density at radius 3 is 2.00 bits per heavy atom. The minimum Gasteiger partial charge on any atom is -0.326 e. The third kappa shape index (κ3) is 11.1. The number of hydrogen-bond donors (Lipinski definition) is 3. The molecule has 0 unspecified atom stereocenters. The lowest BCUT2D eigenvalue weighted by atomic mass is 10.1. The van der Waals surface area contributed by atoms with Gasteiger partial charge in [0.2, 0.25) is 5.91 Å². The summed E-state index contributed by atoms with van der Waals surface area (Å²) in [5.74, 6) is 0.0558. The zero-order valence-corrected chi connectivity index (χ0v) is 19.6. The number of unbranched alkanes of at least 4 members (excludes halogenated alkanes) is 10. The zero-order chi connectivity index (χ0) is 22.2. The second-order valence-electron chi connectivity index (χ2n) is 8.14. The number of rotatable bonds is 16. The molecule has 5 heteroatoms. The molecule has 3 N–H and O–H groups in total. The van der Waals surface area contributed by atoms with Crippen LogP contribution in [0.5, 0.6) is 0 Å². The second-order valence-corrected chi connectivity index (χ2v) is 8.55. The lowest BCUT2D eigenvalue weighted by Gasteiger charge is -2.13. The van der Waals surface area contributed by atoms with E-state index in [1.54, 1.807) is 6.07 Å². The van der Waals surface area contributed by atoms with Crippen molar-refractivity contribution in [2.45, 2.75) is 84.0 Å². The van der Waals surface area contributed by atoms with Crippen molar-refractivity contribution >= 4 is 34.6 Å². The van der Waals surface area contributed by atoms with Crippen molar-refractivity contribution in [3.63, 3.8) is 0 Å². The first kappa shape index (κ1) is 25.1. The van der Waals surface area contributed by atoms with Gasteiger partial charge in [-0.1, -0.05) is 101 Å². The molecule has 4 nitrogen and oxygen atoms in total. The van der Waals surface area contributed by atoms with Gasteiger partial charge in [0.05, 0.1) is 16.4 Å². The van der Waals surface area contributed by atoms with Gasteiger partial charge in [0.15, 0.2) is 0 Å². The molecule has 0 spiro atoms. The fourth-order valence-corrected chi connectivity index (χ4v) is 3.70. The van der Waals surface area contributed by atoms with Gasteiger partial charge >= 0.3 is 0 Å². The van der Waals surface area contributed by atoms with E-state index < -0.39 is 0 Å². The van der Waals surface area contributed by atoms with Crippen molar-refractivity contribution in [2.24, 2.45) is 0 Å². The van der Waals surface area contributed by atoms with Crippen LogP contribution in [0.4, 0.5) is 17.1 Å². The van der Waals surface area contributed by atoms with Gasteiger partial charge in [-0.3, -0.25) is 10.2 Å². The monoisotopic (exact) mass is 443 g/mol. The molecule has 170 valence electrons. The molecule has 0 atom stereocenters. The van der Waals surface area contributed by atoms with Crippen molar-refractivity contribution in [3.05, 3.63) is 53.6 Å². The van der Waals surface area contributed by atoms with Crippen molar-refractivity contribution in [1.82, 2.24) is 0 Å². The van der Waals surface area contributed by atoms with E-state index in [9.17, 15) is 4.79 Å². The molecule has 2 aromatic carbocycles. The van der Waals surface area contributed by atoms with Gasteiger partial charge in [0.1, 0.15) is 0 Å². The minimum atomic E-state index is 0.0558. The van der Waals surface area contributed by atoms with Gasteiger partial charge in [-0.15, -0.1) is 0 Å². The molecule has 2 aromatic rings. The molecule has 0 saturated heterocycles. The molecule has 1 amide bonds. The minimum absolute atomic E-state index is 0.0558. The summed E-state index contributed by atoms with van der Waals surface area (Å²) in [6.45, 7) is 2.26. The van der Waals surface area contributed by atoms with Gasteiger partial charge in [-0.05, 0) is 36.8 Å². The number of anilines is 3. The van der Waals surface area contributed by atoms with E-state index in [1.165, 1.54) is 57.8 Å². The highest BCUT2D eigenvalue weighted by molar-refractivity contribution is 6.33. The Bertz CT molecular complexity index is 752. The van der Waals surface area contributed by atoms with Gasteiger partial charge in [-0.2, -0.15) is 0 Å². The Morgan fingerprint density at radius 2 is 1.35 bits per heavy atom. The highest BCUT2D eigenvalue weighted by atomic mass is 35.5. The fourth-order valence-electron chi connectivity index (χ4n) is 3.53. The largest absolute Gasteiger partial charge is 0.326 e. The van der Waals surface area contributed by atoms with Crippen LogP contribution in [0.1, 0.15) is 84.0 Å². The maximum absolute atomic E-state index is 12.3. The highest BCUT2D eigenvalue weighted by Crippen LogP contribution is 2.26. The van der Waals surface area contributed by atoms with E-state index in [-0.39, 0.29) is 5.91 Å². The molecular weight excluding hydrogens is 406 g/mol. The van der Waals surface area contributed by atoms with Crippen LogP contribution in [0.3, 0.4) is 0 Å². The first-order chi connectivity index (χ1) is 15.2. The number of benzene rings is 2. The normalized spacial score (nSPS) is 10.6. The van der Waals surface area contributed by atoms with E-state index in [4.69, 9.17) is 11.6 Å². The van der Waals surface area contributed by atoms with Crippen LogP contribution in [0.2, 0.25) is 5.02 Å². The van der Waals surface area contributed by atoms with E-state index in [2.05, 4.69) is 23.1 Å². The first-order valence-electron chi connectivity index (χ1n) is 11.9. The van der Waals surface area contributed by atoms with Crippen LogP contribution in [0.25, 0.3) is 0 Å². The molecule has 0 heterocycles. The topological polar surface area (TPSA) is 53.2 Å². The van der Waals surface area contributed by atoms with Gasteiger partial charge < -0.3 is 10.7 Å². The Kier molecular flexibility index (Phi) is 12.6. The average Bonchev–Trinajstić information content (AvgIpc) is 2.78. The SMILES string of the molecule is CCCCCCCCCCCCCC(=O)Nc1ccc(Cl)c(NNc2ccccc2)c1. The van der Waals surface area contributed by atoms with Crippen LogP contribution in [-0.2, 0) is 4.79 Å². The Balaban J connectivity index is 1.59. The average molecular weight is 444 g/mol. The van der Waals surface area contributed by atoms with E-state index in [1.807, 2.05) is 42.5 Å². The molecule has 2 rings (SSSR count). The summed E-state index contributed by atoms with van der Waals surface area (Å²) in [5, 5.41) is 3.57. The number of amides is 1. The lowest BCUT2D eigenvalue weighted by Crippen LogP contribution is -2.12.